The molecule has 0 aliphatic carbocycles. The first-order chi connectivity index (χ1) is 8.01. The van der Waals surface area contributed by atoms with Crippen LogP contribution in [-0.4, -0.2) is 13.3 Å². The van der Waals surface area contributed by atoms with Gasteiger partial charge >= 0.3 is 107 Å². The van der Waals surface area contributed by atoms with E-state index in [1.54, 1.807) is 8.79 Å². The molecule has 0 atom stereocenters. The molecule has 2 rings (SSSR count). The van der Waals surface area contributed by atoms with Gasteiger partial charge in [-0.3, -0.25) is 0 Å². The number of benzene rings is 2. The molecule has 0 heterocycles. The molecule has 17 heavy (non-hydrogen) atoms. The van der Waals surface area contributed by atoms with Crippen LogP contribution in [-0.2, 0) is 0 Å². The average Bonchev–Trinajstić information content (AvgIpc) is 2.29. The third-order valence-electron chi connectivity index (χ3n) is 3.56. The zero-order valence-corrected chi connectivity index (χ0v) is 13.2. The van der Waals surface area contributed by atoms with Gasteiger partial charge in [0.05, 0.1) is 0 Å². The summed E-state index contributed by atoms with van der Waals surface area (Å²) in [6.07, 6.45) is 0. The van der Waals surface area contributed by atoms with Gasteiger partial charge in [0.15, 0.2) is 0 Å². The Kier molecular flexibility index (Phi) is 3.43. The van der Waals surface area contributed by atoms with Gasteiger partial charge in [-0.15, -0.1) is 0 Å². The number of hydrogen-bond acceptors (Lipinski definition) is 0. The third kappa shape index (κ3) is 2.47. The molecule has 0 amide bonds. The molecule has 0 aliphatic rings. The van der Waals surface area contributed by atoms with E-state index < -0.39 is 13.3 Å². The van der Waals surface area contributed by atoms with Crippen LogP contribution in [0.1, 0.15) is 11.1 Å². The van der Waals surface area contributed by atoms with Crippen LogP contribution < -0.4 is 8.79 Å². The Morgan fingerprint density at radius 2 is 1.53 bits per heavy atom. The summed E-state index contributed by atoms with van der Waals surface area (Å²) in [4.78, 5) is 0. The average molecular weight is 285 g/mol. The predicted molar refractivity (Wildman–Crippen MR) is 79.1 cm³/mol. The second-order valence-electron chi connectivity index (χ2n) is 5.31. The fraction of sp³-hybridized carbons (Fsp3) is 0.250. The van der Waals surface area contributed by atoms with Gasteiger partial charge in [0, 0.05) is 0 Å². The summed E-state index contributed by atoms with van der Waals surface area (Å²) in [5.41, 5.74) is 2.81. The Morgan fingerprint density at radius 3 is 2.18 bits per heavy atom. The quantitative estimate of drug-likeness (QED) is 0.744. The Labute approximate surface area is 107 Å². The van der Waals surface area contributed by atoms with Gasteiger partial charge in [-0.25, -0.2) is 0 Å². The maximum absolute atomic E-state index is 2.48. The van der Waals surface area contributed by atoms with Crippen molar-refractivity contribution in [3.05, 3.63) is 59.7 Å². The summed E-state index contributed by atoms with van der Waals surface area (Å²) >= 11 is -2.09. The Hall–Kier alpha value is -1.02. The van der Waals surface area contributed by atoms with E-state index in [1.165, 1.54) is 11.1 Å². The molecule has 0 aliphatic heterocycles. The van der Waals surface area contributed by atoms with Crippen LogP contribution in [0.25, 0.3) is 0 Å². The predicted octanol–water partition coefficient (Wildman–Crippen LogP) is 3.13. The molecule has 2 aromatic rings. The molecule has 0 bridgehead atoms. The van der Waals surface area contributed by atoms with E-state index in [9.17, 15) is 0 Å². The van der Waals surface area contributed by atoms with Crippen LogP contribution >= 0.6 is 0 Å². The molecule has 2 aromatic carbocycles. The number of rotatable bonds is 2. The first-order valence-corrected chi connectivity index (χ1v) is 12.4. The monoisotopic (exact) mass is 286 g/mol. The van der Waals surface area contributed by atoms with Crippen LogP contribution in [0, 0.1) is 13.8 Å². The first-order valence-electron chi connectivity index (χ1n) is 6.15. The number of aryl methyl sites for hydroxylation is 2. The zero-order chi connectivity index (χ0) is 12.5. The van der Waals surface area contributed by atoms with Crippen molar-refractivity contribution < 1.29 is 0 Å². The van der Waals surface area contributed by atoms with E-state index in [2.05, 4.69) is 73.9 Å². The summed E-state index contributed by atoms with van der Waals surface area (Å²) in [5, 5.41) is 0. The Morgan fingerprint density at radius 1 is 0.824 bits per heavy atom. The minimum atomic E-state index is -2.09. The molecule has 1 heteroatoms. The zero-order valence-electron chi connectivity index (χ0n) is 11.1. The van der Waals surface area contributed by atoms with Crippen molar-refractivity contribution in [3.8, 4) is 0 Å². The fourth-order valence-electron chi connectivity index (χ4n) is 2.46. The van der Waals surface area contributed by atoms with E-state index in [4.69, 9.17) is 0 Å². The van der Waals surface area contributed by atoms with Crippen molar-refractivity contribution in [1.29, 1.82) is 0 Å². The Bertz CT molecular complexity index is 527. The number of hydrogen-bond donors (Lipinski definition) is 0. The van der Waals surface area contributed by atoms with Gasteiger partial charge in [0.25, 0.3) is 0 Å². The molecule has 0 fully saturated rings. The molecular weight excluding hydrogens is 265 g/mol. The maximum atomic E-state index is 2.48. The van der Waals surface area contributed by atoms with E-state index in [-0.39, 0.29) is 0 Å². The molecule has 0 unspecified atom stereocenters. The molecule has 0 N–H and O–H groups in total. The summed E-state index contributed by atoms with van der Waals surface area (Å²) in [6, 6.07) is 17.9. The molecule has 0 saturated heterocycles. The van der Waals surface area contributed by atoms with Crippen LogP contribution in [0.5, 0.6) is 0 Å². The second kappa shape index (κ2) is 4.69. The normalized spacial score (nSPS) is 11.5. The van der Waals surface area contributed by atoms with Gasteiger partial charge in [0.2, 0.25) is 0 Å². The van der Waals surface area contributed by atoms with Crippen molar-refractivity contribution in [2.75, 3.05) is 0 Å². The second-order valence-corrected chi connectivity index (χ2v) is 14.5. The van der Waals surface area contributed by atoms with Crippen molar-refractivity contribution in [1.82, 2.24) is 0 Å². The van der Waals surface area contributed by atoms with Gasteiger partial charge in [-0.1, -0.05) is 0 Å². The van der Waals surface area contributed by atoms with E-state index in [0.717, 1.165) is 0 Å². The summed E-state index contributed by atoms with van der Waals surface area (Å²) in [5.74, 6) is 4.97. The molecular formula is C16H20Ge. The third-order valence-corrected chi connectivity index (χ3v) is 11.2. The van der Waals surface area contributed by atoms with Crippen molar-refractivity contribution >= 4 is 22.1 Å². The Balaban J connectivity index is 2.53. The summed E-state index contributed by atoms with van der Waals surface area (Å²) in [7, 11) is 0. The van der Waals surface area contributed by atoms with Gasteiger partial charge < -0.3 is 0 Å². The topological polar surface area (TPSA) is 0 Å². The molecule has 0 aromatic heterocycles. The van der Waals surface area contributed by atoms with Gasteiger partial charge in [-0.05, 0) is 0 Å². The molecule has 0 spiro atoms. The van der Waals surface area contributed by atoms with Crippen molar-refractivity contribution in [2.45, 2.75) is 25.4 Å². The minimum absolute atomic E-state index is 1.37. The van der Waals surface area contributed by atoms with E-state index >= 15 is 0 Å². The molecule has 0 saturated carbocycles. The fourth-order valence-corrected chi connectivity index (χ4v) is 8.75. The molecule has 0 nitrogen and oxygen atoms in total. The van der Waals surface area contributed by atoms with Crippen LogP contribution in [0.4, 0.5) is 0 Å². The van der Waals surface area contributed by atoms with Crippen LogP contribution in [0.2, 0.25) is 11.5 Å². The van der Waals surface area contributed by atoms with Gasteiger partial charge in [-0.2, -0.15) is 0 Å². The standard InChI is InChI=1S/C16H20Ge/c1-13-8-7-10-15(12-13)17(3,4)16-11-6-5-9-14(16)2/h5-12H,1-4H3. The van der Waals surface area contributed by atoms with Crippen LogP contribution in [0.3, 0.4) is 0 Å². The summed E-state index contributed by atoms with van der Waals surface area (Å²) < 4.78 is 3.16. The molecule has 0 radical (unpaired) electrons. The van der Waals surface area contributed by atoms with Crippen molar-refractivity contribution in [3.63, 3.8) is 0 Å². The van der Waals surface area contributed by atoms with Crippen LogP contribution in [0.15, 0.2) is 48.5 Å². The summed E-state index contributed by atoms with van der Waals surface area (Å²) in [6.45, 7) is 4.41. The first kappa shape index (κ1) is 12.4. The molecule has 88 valence electrons. The van der Waals surface area contributed by atoms with Crippen molar-refractivity contribution in [2.24, 2.45) is 0 Å². The van der Waals surface area contributed by atoms with Gasteiger partial charge in [0.1, 0.15) is 0 Å². The SMILES string of the molecule is Cc1ccc[c]([Ge]([CH3])([CH3])[c]2ccccc2C)c1. The van der Waals surface area contributed by atoms with E-state index in [0.29, 0.717) is 0 Å². The van der Waals surface area contributed by atoms with E-state index in [1.807, 2.05) is 0 Å².